The average molecular weight is 300 g/mol. The molecule has 0 saturated heterocycles. The number of nitrogens with one attached hydrogen (secondary N) is 1. The Morgan fingerprint density at radius 1 is 1.27 bits per heavy atom. The van der Waals surface area contributed by atoms with Crippen molar-refractivity contribution in [3.05, 3.63) is 52.9 Å². The first-order valence-electron chi connectivity index (χ1n) is 7.05. The molecule has 0 amide bonds. The third-order valence-electron chi connectivity index (χ3n) is 2.84. The molecule has 0 bridgehead atoms. The monoisotopic (exact) mass is 300 g/mol. The first-order valence-corrected chi connectivity index (χ1v) is 7.05. The lowest BCUT2D eigenvalue weighted by Crippen LogP contribution is -2.08. The number of aliphatic imine (C=N–C) groups is 1. The van der Waals surface area contributed by atoms with E-state index in [1.54, 1.807) is 26.1 Å². The van der Waals surface area contributed by atoms with Gasteiger partial charge in [-0.25, -0.2) is 0 Å². The molecule has 5 nitrogen and oxygen atoms in total. The van der Waals surface area contributed by atoms with Crippen LogP contribution in [0.2, 0.25) is 0 Å². The highest BCUT2D eigenvalue weighted by Gasteiger charge is 2.12. The molecule has 0 aromatic heterocycles. The van der Waals surface area contributed by atoms with E-state index in [1.165, 1.54) is 6.08 Å². The Bertz CT molecular complexity index is 622. The molecule has 118 valence electrons. The molecule has 0 unspecified atom stereocenters. The number of hydrogen-bond donors (Lipinski definition) is 3. The maximum absolute atomic E-state index is 7.76. The minimum absolute atomic E-state index is 0.0284. The summed E-state index contributed by atoms with van der Waals surface area (Å²) < 4.78 is 5.57. The van der Waals surface area contributed by atoms with E-state index in [-0.39, 0.29) is 12.0 Å². The highest BCUT2D eigenvalue weighted by Crippen LogP contribution is 2.29. The van der Waals surface area contributed by atoms with Crippen LogP contribution in [0.15, 0.2) is 46.7 Å². The minimum Gasteiger partial charge on any atom is -0.470 e. The zero-order valence-corrected chi connectivity index (χ0v) is 13.6. The van der Waals surface area contributed by atoms with Gasteiger partial charge >= 0.3 is 0 Å². The molecule has 1 aromatic rings. The number of allylic oxidation sites excluding steroid dienone is 3. The minimum atomic E-state index is -0.307. The van der Waals surface area contributed by atoms with Crippen molar-refractivity contribution in [2.45, 2.75) is 33.8 Å². The van der Waals surface area contributed by atoms with Gasteiger partial charge in [0.25, 0.3) is 0 Å². The van der Waals surface area contributed by atoms with E-state index >= 15 is 0 Å². The number of benzene rings is 1. The van der Waals surface area contributed by atoms with Crippen molar-refractivity contribution in [2.24, 2.45) is 16.5 Å². The Kier molecular flexibility index (Phi) is 6.38. The number of rotatable bonds is 5. The fourth-order valence-corrected chi connectivity index (χ4v) is 1.84. The van der Waals surface area contributed by atoms with Crippen molar-refractivity contribution < 1.29 is 4.74 Å². The summed E-state index contributed by atoms with van der Waals surface area (Å²) in [5.41, 5.74) is 15.2. The van der Waals surface area contributed by atoms with Gasteiger partial charge in [-0.1, -0.05) is 12.1 Å². The van der Waals surface area contributed by atoms with E-state index in [1.807, 2.05) is 32.0 Å². The van der Waals surface area contributed by atoms with Gasteiger partial charge < -0.3 is 16.2 Å². The van der Waals surface area contributed by atoms with Crippen molar-refractivity contribution in [3.8, 4) is 0 Å². The molecule has 5 N–H and O–H groups in total. The molecular formula is C17H24N4O. The molecule has 1 atom stereocenters. The van der Waals surface area contributed by atoms with E-state index < -0.39 is 0 Å². The summed E-state index contributed by atoms with van der Waals surface area (Å²) in [6.07, 6.45) is 4.57. The van der Waals surface area contributed by atoms with Crippen molar-refractivity contribution in [2.75, 3.05) is 0 Å². The van der Waals surface area contributed by atoms with Crippen LogP contribution < -0.4 is 11.5 Å². The standard InChI is InChI=1S/C17H24N4O/c1-11-5-6-15(14(4)22-17(20)10-13(3)19)16(9-11)21-8-7-12(2)18/h5-10,14,20H,18-19H2,1-4H3/b12-7?,13-10-,20-17?,21-8?/t14-/m0/s1. The second-order valence-corrected chi connectivity index (χ2v) is 5.26. The fourth-order valence-electron chi connectivity index (χ4n) is 1.84. The number of nitrogens with zero attached hydrogens (tertiary/aromatic N) is 1. The highest BCUT2D eigenvalue weighted by molar-refractivity contribution is 5.85. The summed E-state index contributed by atoms with van der Waals surface area (Å²) in [4.78, 5) is 4.42. The van der Waals surface area contributed by atoms with Gasteiger partial charge in [-0.05, 0) is 45.4 Å². The average Bonchev–Trinajstić information content (AvgIpc) is 2.36. The van der Waals surface area contributed by atoms with Crippen molar-refractivity contribution in [1.29, 1.82) is 5.41 Å². The Labute approximate surface area is 131 Å². The summed E-state index contributed by atoms with van der Waals surface area (Å²) in [5, 5.41) is 7.76. The summed E-state index contributed by atoms with van der Waals surface area (Å²) in [6.45, 7) is 7.40. The largest absolute Gasteiger partial charge is 0.470 e. The quantitative estimate of drug-likeness (QED) is 0.573. The molecule has 0 fully saturated rings. The molecular weight excluding hydrogens is 276 g/mol. The highest BCUT2D eigenvalue weighted by atomic mass is 16.5. The number of nitrogens with two attached hydrogens (primary N) is 2. The zero-order valence-electron chi connectivity index (χ0n) is 13.6. The van der Waals surface area contributed by atoms with Gasteiger partial charge in [-0.2, -0.15) is 0 Å². The molecule has 0 aliphatic rings. The molecule has 0 heterocycles. The maximum Gasteiger partial charge on any atom is 0.208 e. The van der Waals surface area contributed by atoms with Gasteiger partial charge in [-0.15, -0.1) is 0 Å². The molecule has 22 heavy (non-hydrogen) atoms. The van der Waals surface area contributed by atoms with Gasteiger partial charge in [0.1, 0.15) is 6.10 Å². The maximum atomic E-state index is 7.76. The van der Waals surface area contributed by atoms with Gasteiger partial charge in [0.15, 0.2) is 0 Å². The van der Waals surface area contributed by atoms with Gasteiger partial charge in [0.2, 0.25) is 5.90 Å². The predicted octanol–water partition coefficient (Wildman–Crippen LogP) is 3.48. The molecule has 0 radical (unpaired) electrons. The van der Waals surface area contributed by atoms with E-state index in [4.69, 9.17) is 21.6 Å². The first kappa shape index (κ1) is 17.5. The van der Waals surface area contributed by atoms with Crippen LogP contribution in [0.5, 0.6) is 0 Å². The lowest BCUT2D eigenvalue weighted by Gasteiger charge is -2.16. The summed E-state index contributed by atoms with van der Waals surface area (Å²) >= 11 is 0. The normalized spacial score (nSPS) is 14.2. The molecule has 1 rings (SSSR count). The van der Waals surface area contributed by atoms with Crippen molar-refractivity contribution >= 4 is 17.8 Å². The molecule has 0 aliphatic heterocycles. The summed E-state index contributed by atoms with van der Waals surface area (Å²) in [6, 6.07) is 5.92. The van der Waals surface area contributed by atoms with Crippen LogP contribution in [0.3, 0.4) is 0 Å². The predicted molar refractivity (Wildman–Crippen MR) is 92.4 cm³/mol. The third kappa shape index (κ3) is 5.83. The Morgan fingerprint density at radius 2 is 1.95 bits per heavy atom. The summed E-state index contributed by atoms with van der Waals surface area (Å²) in [7, 11) is 0. The van der Waals surface area contributed by atoms with Crippen LogP contribution >= 0.6 is 0 Å². The first-order chi connectivity index (χ1) is 10.3. The molecule has 1 aromatic carbocycles. The van der Waals surface area contributed by atoms with Crippen LogP contribution in [-0.4, -0.2) is 12.1 Å². The SMILES string of the molecule is CC(N)=CC=Nc1cc(C)ccc1[C@H](C)OC(=N)/C=C(/C)N. The fraction of sp³-hybridized carbons (Fsp3) is 0.294. The molecule has 0 saturated carbocycles. The Hall–Kier alpha value is -2.56. The van der Waals surface area contributed by atoms with Crippen LogP contribution in [-0.2, 0) is 4.74 Å². The lowest BCUT2D eigenvalue weighted by atomic mass is 10.1. The smallest absolute Gasteiger partial charge is 0.208 e. The van der Waals surface area contributed by atoms with E-state index in [9.17, 15) is 0 Å². The molecule has 0 aliphatic carbocycles. The molecule has 5 heteroatoms. The van der Waals surface area contributed by atoms with E-state index in [2.05, 4.69) is 4.99 Å². The van der Waals surface area contributed by atoms with Crippen LogP contribution in [0.25, 0.3) is 0 Å². The van der Waals surface area contributed by atoms with E-state index in [0.29, 0.717) is 11.4 Å². The second kappa shape index (κ2) is 8.02. The number of hydrogen-bond acceptors (Lipinski definition) is 5. The number of aryl methyl sites for hydroxylation is 1. The Morgan fingerprint density at radius 3 is 2.55 bits per heavy atom. The zero-order chi connectivity index (χ0) is 16.7. The van der Waals surface area contributed by atoms with Gasteiger partial charge in [0, 0.05) is 29.2 Å². The van der Waals surface area contributed by atoms with Crippen molar-refractivity contribution in [3.63, 3.8) is 0 Å². The summed E-state index contributed by atoms with van der Waals surface area (Å²) in [5.74, 6) is 0.0284. The van der Waals surface area contributed by atoms with Crippen molar-refractivity contribution in [1.82, 2.24) is 0 Å². The van der Waals surface area contributed by atoms with E-state index in [0.717, 1.165) is 16.8 Å². The van der Waals surface area contributed by atoms with Gasteiger partial charge in [-0.3, -0.25) is 10.4 Å². The lowest BCUT2D eigenvalue weighted by molar-refractivity contribution is 0.213. The van der Waals surface area contributed by atoms with Gasteiger partial charge in [0.05, 0.1) is 5.69 Å². The topological polar surface area (TPSA) is 97.5 Å². The second-order valence-electron chi connectivity index (χ2n) is 5.26. The molecule has 0 spiro atoms. The van der Waals surface area contributed by atoms with Crippen LogP contribution in [0, 0.1) is 12.3 Å². The van der Waals surface area contributed by atoms with Crippen LogP contribution in [0.1, 0.15) is 38.0 Å². The Balaban J connectivity index is 3.03. The van der Waals surface area contributed by atoms with Crippen LogP contribution in [0.4, 0.5) is 5.69 Å². The third-order valence-corrected chi connectivity index (χ3v) is 2.84. The number of ether oxygens (including phenoxy) is 1.